The Morgan fingerprint density at radius 1 is 1.50 bits per heavy atom. The van der Waals surface area contributed by atoms with Crippen LogP contribution in [0.15, 0.2) is 30.9 Å². The minimum Gasteiger partial charge on any atom is -0.497 e. The van der Waals surface area contributed by atoms with Gasteiger partial charge in [0.1, 0.15) is 11.5 Å². The number of benzene rings is 1. The molecular weight excluding hydrogens is 204 g/mol. The average Bonchev–Trinajstić information content (AvgIpc) is 2.29. The summed E-state index contributed by atoms with van der Waals surface area (Å²) in [5.41, 5.74) is 0.768. The number of hydrogen-bond donors (Lipinski definition) is 1. The van der Waals surface area contributed by atoms with E-state index in [-0.39, 0.29) is 0 Å². The van der Waals surface area contributed by atoms with E-state index in [1.165, 1.54) is 0 Å². The number of rotatable bonds is 6. The van der Waals surface area contributed by atoms with Gasteiger partial charge in [-0.2, -0.15) is 0 Å². The summed E-state index contributed by atoms with van der Waals surface area (Å²) in [6.45, 7) is 5.89. The van der Waals surface area contributed by atoms with Crippen LogP contribution in [0.4, 0.5) is 0 Å². The Morgan fingerprint density at radius 2 is 2.25 bits per heavy atom. The summed E-state index contributed by atoms with van der Waals surface area (Å²) in [5, 5.41) is 9.58. The Balaban J connectivity index is 2.86. The van der Waals surface area contributed by atoms with Crippen LogP contribution in [0.3, 0.4) is 0 Å². The molecule has 0 radical (unpaired) electrons. The second-order valence-corrected chi connectivity index (χ2v) is 3.51. The van der Waals surface area contributed by atoms with E-state index in [2.05, 4.69) is 6.58 Å². The van der Waals surface area contributed by atoms with Crippen molar-refractivity contribution in [2.75, 3.05) is 13.7 Å². The van der Waals surface area contributed by atoms with Crippen molar-refractivity contribution in [2.24, 2.45) is 0 Å². The maximum atomic E-state index is 9.58. The van der Waals surface area contributed by atoms with E-state index in [4.69, 9.17) is 9.47 Å². The van der Waals surface area contributed by atoms with Gasteiger partial charge in [-0.15, -0.1) is 6.58 Å². The maximum Gasteiger partial charge on any atom is 0.128 e. The summed E-state index contributed by atoms with van der Waals surface area (Å²) in [6.07, 6.45) is 2.02. The fraction of sp³-hybridized carbons (Fsp3) is 0.385. The van der Waals surface area contributed by atoms with Gasteiger partial charge >= 0.3 is 0 Å². The second kappa shape index (κ2) is 6.18. The van der Waals surface area contributed by atoms with Crippen LogP contribution < -0.4 is 9.47 Å². The molecule has 0 amide bonds. The molecule has 1 atom stereocenters. The summed E-state index contributed by atoms with van der Waals surface area (Å²) in [7, 11) is 1.60. The van der Waals surface area contributed by atoms with E-state index in [0.29, 0.717) is 12.4 Å². The summed E-state index contributed by atoms with van der Waals surface area (Å²) in [4.78, 5) is 0. The molecule has 0 saturated heterocycles. The van der Waals surface area contributed by atoms with E-state index >= 15 is 0 Å². The molecule has 88 valence electrons. The van der Waals surface area contributed by atoms with Gasteiger partial charge in [-0.1, -0.05) is 6.08 Å². The highest BCUT2D eigenvalue weighted by molar-refractivity contribution is 5.41. The smallest absolute Gasteiger partial charge is 0.128 e. The van der Waals surface area contributed by atoms with Crippen molar-refractivity contribution in [2.45, 2.75) is 19.4 Å². The normalized spacial score (nSPS) is 11.9. The van der Waals surface area contributed by atoms with Crippen molar-refractivity contribution in [3.8, 4) is 11.5 Å². The first kappa shape index (κ1) is 12.6. The van der Waals surface area contributed by atoms with Crippen LogP contribution in [-0.4, -0.2) is 18.8 Å². The lowest BCUT2D eigenvalue weighted by Gasteiger charge is -2.14. The van der Waals surface area contributed by atoms with Crippen LogP contribution in [0.2, 0.25) is 0 Å². The molecule has 3 heteroatoms. The van der Waals surface area contributed by atoms with E-state index in [9.17, 15) is 5.11 Å². The molecule has 0 unspecified atom stereocenters. The molecule has 0 aromatic heterocycles. The zero-order valence-corrected chi connectivity index (χ0v) is 9.77. The number of hydrogen-bond acceptors (Lipinski definition) is 3. The molecule has 0 aliphatic rings. The zero-order valence-electron chi connectivity index (χ0n) is 9.77. The predicted molar refractivity (Wildman–Crippen MR) is 63.9 cm³/mol. The van der Waals surface area contributed by atoms with Gasteiger partial charge in [-0.05, 0) is 25.5 Å². The van der Waals surface area contributed by atoms with E-state index < -0.39 is 6.10 Å². The Kier molecular flexibility index (Phi) is 4.86. The molecule has 1 rings (SSSR count). The van der Waals surface area contributed by atoms with Crippen molar-refractivity contribution < 1.29 is 14.6 Å². The van der Waals surface area contributed by atoms with E-state index in [0.717, 1.165) is 17.7 Å². The molecular formula is C13H18O3. The van der Waals surface area contributed by atoms with Crippen LogP contribution in [0.5, 0.6) is 11.5 Å². The Morgan fingerprint density at radius 3 is 2.81 bits per heavy atom. The van der Waals surface area contributed by atoms with Crippen molar-refractivity contribution in [1.82, 2.24) is 0 Å². The predicted octanol–water partition coefficient (Wildman–Crippen LogP) is 2.70. The molecule has 0 heterocycles. The molecule has 0 aliphatic carbocycles. The molecule has 0 aliphatic heterocycles. The van der Waals surface area contributed by atoms with Gasteiger partial charge in [0.15, 0.2) is 0 Å². The Hall–Kier alpha value is -1.48. The fourth-order valence-corrected chi connectivity index (χ4v) is 1.36. The van der Waals surface area contributed by atoms with Gasteiger partial charge in [-0.25, -0.2) is 0 Å². The molecule has 0 spiro atoms. The molecule has 0 saturated carbocycles. The highest BCUT2D eigenvalue weighted by atomic mass is 16.5. The monoisotopic (exact) mass is 222 g/mol. The first-order valence-corrected chi connectivity index (χ1v) is 5.28. The Bertz CT molecular complexity index is 345. The van der Waals surface area contributed by atoms with Crippen molar-refractivity contribution in [3.63, 3.8) is 0 Å². The van der Waals surface area contributed by atoms with Gasteiger partial charge in [0.25, 0.3) is 0 Å². The summed E-state index contributed by atoms with van der Waals surface area (Å²) < 4.78 is 10.7. The number of aliphatic hydroxyl groups is 1. The van der Waals surface area contributed by atoms with Crippen LogP contribution in [0.25, 0.3) is 0 Å². The largest absolute Gasteiger partial charge is 0.497 e. The lowest BCUT2D eigenvalue weighted by Crippen LogP contribution is -2.02. The lowest BCUT2D eigenvalue weighted by atomic mass is 10.1. The molecule has 1 aromatic carbocycles. The number of aliphatic hydroxyl groups excluding tert-OH is 1. The number of methoxy groups -OCH3 is 1. The first-order valence-electron chi connectivity index (χ1n) is 5.28. The highest BCUT2D eigenvalue weighted by Gasteiger charge is 2.10. The SMILES string of the molecule is C=CCCOc1cc(OC)ccc1[C@H](C)O. The van der Waals surface area contributed by atoms with Gasteiger partial charge in [-0.3, -0.25) is 0 Å². The maximum absolute atomic E-state index is 9.58. The standard InChI is InChI=1S/C13H18O3/c1-4-5-8-16-13-9-11(15-3)6-7-12(13)10(2)14/h4,6-7,9-10,14H,1,5,8H2,2-3H3/t10-/m0/s1. The molecule has 1 N–H and O–H groups in total. The van der Waals surface area contributed by atoms with Gasteiger partial charge in [0.05, 0.1) is 19.8 Å². The first-order chi connectivity index (χ1) is 7.69. The summed E-state index contributed by atoms with van der Waals surface area (Å²) in [5.74, 6) is 1.38. The third kappa shape index (κ3) is 3.28. The van der Waals surface area contributed by atoms with E-state index in [1.807, 2.05) is 12.1 Å². The fourth-order valence-electron chi connectivity index (χ4n) is 1.36. The van der Waals surface area contributed by atoms with Gasteiger partial charge in [0, 0.05) is 11.6 Å². The van der Waals surface area contributed by atoms with Crippen LogP contribution in [-0.2, 0) is 0 Å². The molecule has 1 aromatic rings. The van der Waals surface area contributed by atoms with Gasteiger partial charge < -0.3 is 14.6 Å². The third-order valence-corrected chi connectivity index (χ3v) is 2.25. The van der Waals surface area contributed by atoms with Crippen LogP contribution in [0, 0.1) is 0 Å². The molecule has 0 fully saturated rings. The van der Waals surface area contributed by atoms with Crippen molar-refractivity contribution >= 4 is 0 Å². The van der Waals surface area contributed by atoms with Gasteiger partial charge in [0.2, 0.25) is 0 Å². The summed E-state index contributed by atoms with van der Waals surface area (Å²) >= 11 is 0. The second-order valence-electron chi connectivity index (χ2n) is 3.51. The van der Waals surface area contributed by atoms with Crippen molar-refractivity contribution in [1.29, 1.82) is 0 Å². The zero-order chi connectivity index (χ0) is 12.0. The minimum atomic E-state index is -0.551. The lowest BCUT2D eigenvalue weighted by molar-refractivity contribution is 0.191. The van der Waals surface area contributed by atoms with Crippen molar-refractivity contribution in [3.05, 3.63) is 36.4 Å². The van der Waals surface area contributed by atoms with Crippen LogP contribution in [0.1, 0.15) is 25.0 Å². The Labute approximate surface area is 96.3 Å². The quantitative estimate of drug-likeness (QED) is 0.594. The molecule has 3 nitrogen and oxygen atoms in total. The topological polar surface area (TPSA) is 38.7 Å². The molecule has 0 bridgehead atoms. The highest BCUT2D eigenvalue weighted by Crippen LogP contribution is 2.29. The third-order valence-electron chi connectivity index (χ3n) is 2.25. The van der Waals surface area contributed by atoms with Crippen LogP contribution >= 0.6 is 0 Å². The van der Waals surface area contributed by atoms with E-state index in [1.54, 1.807) is 26.2 Å². The minimum absolute atomic E-state index is 0.551. The molecule has 16 heavy (non-hydrogen) atoms. The summed E-state index contributed by atoms with van der Waals surface area (Å²) in [6, 6.07) is 5.40. The average molecular weight is 222 g/mol. The number of ether oxygens (including phenoxy) is 2.